The second-order valence-electron chi connectivity index (χ2n) is 5.39. The summed E-state index contributed by atoms with van der Waals surface area (Å²) < 4.78 is 11.6. The second kappa shape index (κ2) is 5.02. The molecular formula is C15H21NO2. The average molecular weight is 247 g/mol. The highest BCUT2D eigenvalue weighted by atomic mass is 16.5. The quantitative estimate of drug-likeness (QED) is 0.816. The molecule has 0 atom stereocenters. The Balaban J connectivity index is 2.06. The highest BCUT2D eigenvalue weighted by molar-refractivity contribution is 5.62. The Labute approximate surface area is 109 Å². The van der Waals surface area contributed by atoms with E-state index in [0.717, 1.165) is 23.6 Å². The van der Waals surface area contributed by atoms with E-state index in [1.165, 1.54) is 0 Å². The molecule has 0 amide bonds. The molecule has 3 nitrogen and oxygen atoms in total. The Morgan fingerprint density at radius 2 is 2.06 bits per heavy atom. The van der Waals surface area contributed by atoms with Crippen LogP contribution in [0.2, 0.25) is 0 Å². The third-order valence-corrected chi connectivity index (χ3v) is 2.83. The van der Waals surface area contributed by atoms with E-state index in [2.05, 4.69) is 17.1 Å². The lowest BCUT2D eigenvalue weighted by molar-refractivity contribution is 0.158. The van der Waals surface area contributed by atoms with Gasteiger partial charge in [-0.05, 0) is 46.2 Å². The molecule has 0 spiro atoms. The highest BCUT2D eigenvalue weighted by Gasteiger charge is 2.21. The Morgan fingerprint density at radius 3 is 2.78 bits per heavy atom. The van der Waals surface area contributed by atoms with E-state index in [0.29, 0.717) is 6.61 Å². The van der Waals surface area contributed by atoms with Gasteiger partial charge in [-0.2, -0.15) is 0 Å². The first-order valence-corrected chi connectivity index (χ1v) is 6.26. The average Bonchev–Trinajstić information content (AvgIpc) is 2.26. The Bertz CT molecular complexity index is 450. The number of rotatable bonds is 4. The molecule has 0 radical (unpaired) electrons. The normalized spacial score (nSPS) is 16.3. The van der Waals surface area contributed by atoms with Gasteiger partial charge in [0, 0.05) is 18.2 Å². The van der Waals surface area contributed by atoms with Crippen LogP contribution in [-0.4, -0.2) is 37.7 Å². The van der Waals surface area contributed by atoms with Crippen molar-refractivity contribution in [2.24, 2.45) is 0 Å². The van der Waals surface area contributed by atoms with Crippen LogP contribution in [0.1, 0.15) is 19.4 Å². The van der Waals surface area contributed by atoms with Crippen LogP contribution in [0, 0.1) is 0 Å². The number of hydrogen-bond donors (Lipinski definition) is 0. The molecule has 0 N–H and O–H groups in total. The number of ether oxygens (including phenoxy) is 2. The van der Waals surface area contributed by atoms with Gasteiger partial charge in [-0.1, -0.05) is 6.08 Å². The maximum atomic E-state index is 5.91. The summed E-state index contributed by atoms with van der Waals surface area (Å²) in [6.45, 7) is 5.69. The van der Waals surface area contributed by atoms with Crippen LogP contribution < -0.4 is 9.47 Å². The van der Waals surface area contributed by atoms with Crippen LogP contribution in [0.5, 0.6) is 11.5 Å². The minimum absolute atomic E-state index is 0.241. The maximum absolute atomic E-state index is 5.91. The molecule has 0 saturated heterocycles. The zero-order valence-electron chi connectivity index (χ0n) is 11.6. The van der Waals surface area contributed by atoms with Gasteiger partial charge in [0.05, 0.1) is 0 Å². The second-order valence-corrected chi connectivity index (χ2v) is 5.39. The molecule has 3 heteroatoms. The minimum Gasteiger partial charge on any atom is -0.492 e. The van der Waals surface area contributed by atoms with E-state index in [4.69, 9.17) is 9.47 Å². The van der Waals surface area contributed by atoms with Crippen LogP contribution in [0.3, 0.4) is 0 Å². The molecule has 18 heavy (non-hydrogen) atoms. The summed E-state index contributed by atoms with van der Waals surface area (Å²) in [6, 6.07) is 5.99. The predicted octanol–water partition coefficient (Wildman–Crippen LogP) is 2.81. The summed E-state index contributed by atoms with van der Waals surface area (Å²) in [6.07, 6.45) is 4.17. The Morgan fingerprint density at radius 1 is 1.28 bits per heavy atom. The van der Waals surface area contributed by atoms with Crippen molar-refractivity contribution in [3.05, 3.63) is 29.8 Å². The van der Waals surface area contributed by atoms with Gasteiger partial charge < -0.3 is 14.4 Å². The van der Waals surface area contributed by atoms with E-state index in [9.17, 15) is 0 Å². The standard InChI is InChI=1S/C15H21NO2/c1-15(2)8-7-12-5-6-13(11-14(12)18-15)17-10-9-16(3)4/h5-8,11H,9-10H2,1-4H3. The molecular weight excluding hydrogens is 226 g/mol. The first-order valence-electron chi connectivity index (χ1n) is 6.26. The molecule has 1 heterocycles. The van der Waals surface area contributed by atoms with Crippen molar-refractivity contribution in [1.82, 2.24) is 4.90 Å². The molecule has 0 fully saturated rings. The van der Waals surface area contributed by atoms with Gasteiger partial charge in [-0.25, -0.2) is 0 Å². The number of benzene rings is 1. The maximum Gasteiger partial charge on any atom is 0.131 e. The minimum atomic E-state index is -0.241. The van der Waals surface area contributed by atoms with Gasteiger partial charge in [0.25, 0.3) is 0 Å². The smallest absolute Gasteiger partial charge is 0.131 e. The van der Waals surface area contributed by atoms with Crippen molar-refractivity contribution < 1.29 is 9.47 Å². The fourth-order valence-corrected chi connectivity index (χ4v) is 1.78. The van der Waals surface area contributed by atoms with Crippen LogP contribution in [0.25, 0.3) is 6.08 Å². The molecule has 0 aromatic heterocycles. The number of likely N-dealkylation sites (N-methyl/N-ethyl adjacent to an activating group) is 1. The van der Waals surface area contributed by atoms with Crippen LogP contribution in [0.4, 0.5) is 0 Å². The van der Waals surface area contributed by atoms with Crippen molar-refractivity contribution in [3.8, 4) is 11.5 Å². The molecule has 0 saturated carbocycles. The summed E-state index contributed by atoms with van der Waals surface area (Å²) in [7, 11) is 4.07. The summed E-state index contributed by atoms with van der Waals surface area (Å²) in [5.41, 5.74) is 0.865. The van der Waals surface area contributed by atoms with Crippen molar-refractivity contribution in [2.75, 3.05) is 27.2 Å². The van der Waals surface area contributed by atoms with Crippen LogP contribution >= 0.6 is 0 Å². The lowest BCUT2D eigenvalue weighted by Crippen LogP contribution is -2.27. The molecule has 1 aliphatic heterocycles. The number of fused-ring (bicyclic) bond motifs is 1. The molecule has 0 bridgehead atoms. The van der Waals surface area contributed by atoms with E-state index in [1.54, 1.807) is 0 Å². The van der Waals surface area contributed by atoms with Gasteiger partial charge in [0.15, 0.2) is 0 Å². The van der Waals surface area contributed by atoms with E-state index >= 15 is 0 Å². The van der Waals surface area contributed by atoms with Gasteiger partial charge in [0.2, 0.25) is 0 Å². The first-order chi connectivity index (χ1) is 8.46. The number of hydrogen-bond acceptors (Lipinski definition) is 3. The molecule has 1 aromatic rings. The van der Waals surface area contributed by atoms with E-state index in [-0.39, 0.29) is 5.60 Å². The van der Waals surface area contributed by atoms with E-state index in [1.807, 2.05) is 46.1 Å². The largest absolute Gasteiger partial charge is 0.492 e. The first kappa shape index (κ1) is 13.0. The molecule has 1 aromatic carbocycles. The summed E-state index contributed by atoms with van der Waals surface area (Å²) in [5, 5.41) is 0. The van der Waals surface area contributed by atoms with Gasteiger partial charge in [-0.15, -0.1) is 0 Å². The molecule has 0 aliphatic carbocycles. The highest BCUT2D eigenvalue weighted by Crippen LogP contribution is 2.33. The topological polar surface area (TPSA) is 21.7 Å². The fourth-order valence-electron chi connectivity index (χ4n) is 1.78. The van der Waals surface area contributed by atoms with Crippen molar-refractivity contribution in [2.45, 2.75) is 19.4 Å². The van der Waals surface area contributed by atoms with Crippen molar-refractivity contribution >= 4 is 6.08 Å². The summed E-state index contributed by atoms with van der Waals surface area (Å²) in [4.78, 5) is 2.10. The van der Waals surface area contributed by atoms with Gasteiger partial charge in [0.1, 0.15) is 23.7 Å². The van der Waals surface area contributed by atoms with Crippen LogP contribution in [0.15, 0.2) is 24.3 Å². The van der Waals surface area contributed by atoms with Crippen LogP contribution in [-0.2, 0) is 0 Å². The predicted molar refractivity (Wildman–Crippen MR) is 74.2 cm³/mol. The van der Waals surface area contributed by atoms with E-state index < -0.39 is 0 Å². The third-order valence-electron chi connectivity index (χ3n) is 2.83. The molecule has 1 aliphatic rings. The summed E-state index contributed by atoms with van der Waals surface area (Å²) in [5.74, 6) is 1.76. The Kier molecular flexibility index (Phi) is 3.62. The summed E-state index contributed by atoms with van der Waals surface area (Å²) >= 11 is 0. The molecule has 98 valence electrons. The third kappa shape index (κ3) is 3.26. The molecule has 0 unspecified atom stereocenters. The zero-order valence-corrected chi connectivity index (χ0v) is 11.6. The fraction of sp³-hybridized carbons (Fsp3) is 0.467. The molecule has 2 rings (SSSR count). The van der Waals surface area contributed by atoms with Crippen molar-refractivity contribution in [3.63, 3.8) is 0 Å². The van der Waals surface area contributed by atoms with Gasteiger partial charge in [-0.3, -0.25) is 0 Å². The monoisotopic (exact) mass is 247 g/mol. The lowest BCUT2D eigenvalue weighted by Gasteiger charge is -2.28. The van der Waals surface area contributed by atoms with Crippen molar-refractivity contribution in [1.29, 1.82) is 0 Å². The zero-order chi connectivity index (χ0) is 13.2. The Hall–Kier alpha value is -1.48. The SMILES string of the molecule is CN(C)CCOc1ccc2c(c1)OC(C)(C)C=C2. The number of nitrogens with zero attached hydrogens (tertiary/aromatic N) is 1. The lowest BCUT2D eigenvalue weighted by atomic mass is 10.0. The van der Waals surface area contributed by atoms with Gasteiger partial charge >= 0.3 is 0 Å².